The molecule has 16 heavy (non-hydrogen) atoms. The van der Waals surface area contributed by atoms with Crippen LogP contribution in [0.15, 0.2) is 12.1 Å². The maximum absolute atomic E-state index is 9.90. The van der Waals surface area contributed by atoms with E-state index in [2.05, 4.69) is 0 Å². The van der Waals surface area contributed by atoms with Gasteiger partial charge in [-0.15, -0.1) is 0 Å². The number of aliphatic hydroxyl groups is 2. The summed E-state index contributed by atoms with van der Waals surface area (Å²) in [6, 6.07) is 3.18. The topological polar surface area (TPSA) is 49.7 Å². The van der Waals surface area contributed by atoms with E-state index in [0.717, 1.165) is 0 Å². The Morgan fingerprint density at radius 1 is 1.38 bits per heavy atom. The van der Waals surface area contributed by atoms with Crippen molar-refractivity contribution in [3.63, 3.8) is 0 Å². The second-order valence-corrected chi connectivity index (χ2v) is 4.24. The number of methoxy groups -OCH3 is 1. The molecule has 0 bridgehead atoms. The summed E-state index contributed by atoms with van der Waals surface area (Å²) >= 11 is 11.8. The largest absolute Gasteiger partial charge is 0.495 e. The zero-order valence-electron chi connectivity index (χ0n) is 8.91. The van der Waals surface area contributed by atoms with E-state index in [-0.39, 0.29) is 6.61 Å². The highest BCUT2D eigenvalue weighted by Crippen LogP contribution is 2.36. The normalized spacial score (nSPS) is 12.6. The van der Waals surface area contributed by atoms with Crippen LogP contribution in [0.25, 0.3) is 0 Å². The van der Waals surface area contributed by atoms with E-state index in [1.54, 1.807) is 12.1 Å². The Bertz CT molecular complexity index is 355. The van der Waals surface area contributed by atoms with Crippen molar-refractivity contribution >= 4 is 23.2 Å². The molecular weight excluding hydrogens is 251 g/mol. The highest BCUT2D eigenvalue weighted by Gasteiger charge is 2.16. The first kappa shape index (κ1) is 13.6. The van der Waals surface area contributed by atoms with Gasteiger partial charge in [0.1, 0.15) is 5.75 Å². The Hall–Kier alpha value is -0.480. The van der Waals surface area contributed by atoms with Gasteiger partial charge in [0.2, 0.25) is 0 Å². The molecular formula is C11H14Cl2O3. The van der Waals surface area contributed by atoms with Crippen LogP contribution in [0.5, 0.6) is 5.75 Å². The molecule has 0 aromatic heterocycles. The molecule has 1 aromatic rings. The zero-order valence-corrected chi connectivity index (χ0v) is 10.4. The van der Waals surface area contributed by atoms with E-state index in [9.17, 15) is 5.11 Å². The van der Waals surface area contributed by atoms with Crippen LogP contribution in [-0.2, 0) is 0 Å². The fourth-order valence-electron chi connectivity index (χ4n) is 1.48. The monoisotopic (exact) mass is 264 g/mol. The van der Waals surface area contributed by atoms with Crippen LogP contribution in [0.2, 0.25) is 10.0 Å². The van der Waals surface area contributed by atoms with Gasteiger partial charge in [0.15, 0.2) is 0 Å². The molecule has 3 nitrogen and oxygen atoms in total. The van der Waals surface area contributed by atoms with Gasteiger partial charge < -0.3 is 14.9 Å². The summed E-state index contributed by atoms with van der Waals surface area (Å²) in [5, 5.41) is 19.4. The van der Waals surface area contributed by atoms with Gasteiger partial charge in [0.25, 0.3) is 0 Å². The third-order valence-electron chi connectivity index (χ3n) is 2.24. The average Bonchev–Trinajstić information content (AvgIpc) is 2.24. The van der Waals surface area contributed by atoms with Gasteiger partial charge in [-0.3, -0.25) is 0 Å². The van der Waals surface area contributed by atoms with Crippen molar-refractivity contribution in [1.29, 1.82) is 0 Å². The molecule has 1 atom stereocenters. The highest BCUT2D eigenvalue weighted by atomic mass is 35.5. The summed E-state index contributed by atoms with van der Waals surface area (Å²) in [6.07, 6.45) is 0.205. The average molecular weight is 265 g/mol. The number of ether oxygens (including phenoxy) is 1. The predicted octanol–water partition coefficient (Wildman–Crippen LogP) is 2.81. The standard InChI is InChI=1S/C11H14Cl2O3/c1-16-11-8(10(15)3-2-4-14)5-7(12)6-9(11)13/h5-6,10,14-15H,2-4H2,1H3. The van der Waals surface area contributed by atoms with Gasteiger partial charge in [0.05, 0.1) is 18.2 Å². The summed E-state index contributed by atoms with van der Waals surface area (Å²) in [5.74, 6) is 0.427. The SMILES string of the molecule is COc1c(Cl)cc(Cl)cc1C(O)CCCO. The van der Waals surface area contributed by atoms with Gasteiger partial charge in [-0.2, -0.15) is 0 Å². The summed E-state index contributed by atoms with van der Waals surface area (Å²) in [7, 11) is 1.48. The molecule has 1 rings (SSSR count). The third kappa shape index (κ3) is 3.25. The van der Waals surface area contributed by atoms with Crippen molar-refractivity contribution in [3.05, 3.63) is 27.7 Å². The fraction of sp³-hybridized carbons (Fsp3) is 0.455. The van der Waals surface area contributed by atoms with Crippen LogP contribution in [0.4, 0.5) is 0 Å². The Labute approximate surface area is 105 Å². The number of aliphatic hydroxyl groups excluding tert-OH is 2. The third-order valence-corrected chi connectivity index (χ3v) is 2.73. The summed E-state index contributed by atoms with van der Waals surface area (Å²) in [5.41, 5.74) is 0.549. The van der Waals surface area contributed by atoms with E-state index >= 15 is 0 Å². The minimum atomic E-state index is -0.738. The van der Waals surface area contributed by atoms with Crippen molar-refractivity contribution in [2.24, 2.45) is 0 Å². The van der Waals surface area contributed by atoms with E-state index in [1.165, 1.54) is 7.11 Å². The van der Waals surface area contributed by atoms with Crippen molar-refractivity contribution in [2.45, 2.75) is 18.9 Å². The van der Waals surface area contributed by atoms with Gasteiger partial charge in [-0.1, -0.05) is 23.2 Å². The molecule has 0 heterocycles. The molecule has 5 heteroatoms. The first-order valence-electron chi connectivity index (χ1n) is 4.92. The fourth-order valence-corrected chi connectivity index (χ4v) is 2.07. The highest BCUT2D eigenvalue weighted by molar-refractivity contribution is 6.35. The molecule has 0 saturated carbocycles. The molecule has 2 N–H and O–H groups in total. The number of benzene rings is 1. The van der Waals surface area contributed by atoms with Crippen molar-refractivity contribution in [3.8, 4) is 5.75 Å². The maximum Gasteiger partial charge on any atom is 0.143 e. The van der Waals surface area contributed by atoms with Crippen LogP contribution in [0.1, 0.15) is 24.5 Å². The first-order chi connectivity index (χ1) is 7.60. The van der Waals surface area contributed by atoms with Gasteiger partial charge in [0, 0.05) is 17.2 Å². The Morgan fingerprint density at radius 3 is 2.62 bits per heavy atom. The molecule has 0 radical (unpaired) electrons. The number of halogens is 2. The number of hydrogen-bond donors (Lipinski definition) is 2. The first-order valence-corrected chi connectivity index (χ1v) is 5.67. The van der Waals surface area contributed by atoms with Crippen LogP contribution in [0, 0.1) is 0 Å². The molecule has 0 spiro atoms. The number of rotatable bonds is 5. The number of hydrogen-bond acceptors (Lipinski definition) is 3. The molecule has 90 valence electrons. The maximum atomic E-state index is 9.90. The smallest absolute Gasteiger partial charge is 0.143 e. The summed E-state index contributed by atoms with van der Waals surface area (Å²) < 4.78 is 5.12. The van der Waals surface area contributed by atoms with Crippen molar-refractivity contribution in [1.82, 2.24) is 0 Å². The van der Waals surface area contributed by atoms with Gasteiger partial charge in [-0.05, 0) is 25.0 Å². The van der Waals surface area contributed by atoms with Crippen LogP contribution < -0.4 is 4.74 Å². The molecule has 0 aliphatic rings. The second kappa shape index (κ2) is 6.30. The minimum absolute atomic E-state index is 0.0354. The summed E-state index contributed by atoms with van der Waals surface area (Å²) in [6.45, 7) is 0.0354. The molecule has 1 aromatic carbocycles. The Kier molecular flexibility index (Phi) is 5.35. The molecule has 0 aliphatic heterocycles. The summed E-state index contributed by atoms with van der Waals surface area (Å²) in [4.78, 5) is 0. The van der Waals surface area contributed by atoms with E-state index in [1.807, 2.05) is 0 Å². The lowest BCUT2D eigenvalue weighted by Crippen LogP contribution is -2.02. The van der Waals surface area contributed by atoms with E-state index in [4.69, 9.17) is 33.0 Å². The van der Waals surface area contributed by atoms with Gasteiger partial charge >= 0.3 is 0 Å². The quantitative estimate of drug-likeness (QED) is 0.860. The van der Waals surface area contributed by atoms with Crippen LogP contribution in [-0.4, -0.2) is 23.9 Å². The van der Waals surface area contributed by atoms with E-state index < -0.39 is 6.10 Å². The second-order valence-electron chi connectivity index (χ2n) is 3.39. The van der Waals surface area contributed by atoms with Crippen molar-refractivity contribution in [2.75, 3.05) is 13.7 Å². The van der Waals surface area contributed by atoms with Gasteiger partial charge in [-0.25, -0.2) is 0 Å². The molecule has 1 unspecified atom stereocenters. The molecule has 0 saturated heterocycles. The Morgan fingerprint density at radius 2 is 2.06 bits per heavy atom. The lowest BCUT2D eigenvalue weighted by Gasteiger charge is -2.16. The lowest BCUT2D eigenvalue weighted by atomic mass is 10.0. The zero-order chi connectivity index (χ0) is 12.1. The van der Waals surface area contributed by atoms with Crippen molar-refractivity contribution < 1.29 is 14.9 Å². The van der Waals surface area contributed by atoms with Crippen LogP contribution >= 0.6 is 23.2 Å². The lowest BCUT2D eigenvalue weighted by molar-refractivity contribution is 0.148. The Balaban J connectivity index is 3.00. The molecule has 0 aliphatic carbocycles. The predicted molar refractivity (Wildman–Crippen MR) is 64.3 cm³/mol. The molecule has 0 fully saturated rings. The van der Waals surface area contributed by atoms with E-state index in [0.29, 0.717) is 34.2 Å². The minimum Gasteiger partial charge on any atom is -0.495 e. The van der Waals surface area contributed by atoms with Crippen LogP contribution in [0.3, 0.4) is 0 Å². The molecule has 0 amide bonds.